The van der Waals surface area contributed by atoms with Gasteiger partial charge >= 0.3 is 11.9 Å². The number of ether oxygens (including phenoxy) is 1. The van der Waals surface area contributed by atoms with Gasteiger partial charge in [0.15, 0.2) is 0 Å². The van der Waals surface area contributed by atoms with Crippen LogP contribution < -0.4 is 0 Å². The van der Waals surface area contributed by atoms with E-state index in [2.05, 4.69) is 4.84 Å². The first kappa shape index (κ1) is 10.9. The van der Waals surface area contributed by atoms with E-state index in [0.717, 1.165) is 5.06 Å². The second-order valence-corrected chi connectivity index (χ2v) is 3.13. The Hall–Kier alpha value is -1.14. The van der Waals surface area contributed by atoms with Gasteiger partial charge in [-0.1, -0.05) is 0 Å². The highest BCUT2D eigenvalue weighted by atomic mass is 16.7. The minimum Gasteiger partial charge on any atom is -0.461 e. The Morgan fingerprint density at radius 3 is 2.50 bits per heavy atom. The van der Waals surface area contributed by atoms with E-state index in [0.29, 0.717) is 0 Å². The van der Waals surface area contributed by atoms with Crippen molar-refractivity contribution in [1.82, 2.24) is 5.06 Å². The van der Waals surface area contributed by atoms with Gasteiger partial charge in [-0.05, 0) is 0 Å². The van der Waals surface area contributed by atoms with Gasteiger partial charge in [0.1, 0.15) is 12.3 Å². The van der Waals surface area contributed by atoms with E-state index in [1.165, 1.54) is 13.8 Å². The fourth-order valence-corrected chi connectivity index (χ4v) is 1.33. The van der Waals surface area contributed by atoms with Crippen molar-refractivity contribution in [1.29, 1.82) is 0 Å². The number of esters is 1. The fraction of sp³-hybridized carbons (Fsp3) is 0.750. The van der Waals surface area contributed by atoms with Crippen molar-refractivity contribution in [2.75, 3.05) is 6.54 Å². The van der Waals surface area contributed by atoms with Crippen molar-refractivity contribution in [2.45, 2.75) is 32.6 Å². The summed E-state index contributed by atoms with van der Waals surface area (Å²) in [4.78, 5) is 25.9. The van der Waals surface area contributed by atoms with Crippen LogP contribution in [0, 0.1) is 0 Å². The van der Waals surface area contributed by atoms with Gasteiger partial charge in [0.05, 0.1) is 6.54 Å². The summed E-state index contributed by atoms with van der Waals surface area (Å²) in [6, 6.07) is 0. The molecule has 2 atom stereocenters. The molecule has 1 aliphatic rings. The van der Waals surface area contributed by atoms with Crippen LogP contribution in [0.25, 0.3) is 0 Å². The lowest BCUT2D eigenvalue weighted by Gasteiger charge is -2.16. The van der Waals surface area contributed by atoms with Crippen molar-refractivity contribution in [3.05, 3.63) is 0 Å². The van der Waals surface area contributed by atoms with Gasteiger partial charge in [-0.2, -0.15) is 0 Å². The molecule has 1 rings (SSSR count). The van der Waals surface area contributed by atoms with Crippen molar-refractivity contribution in [3.63, 3.8) is 0 Å². The molecule has 1 saturated heterocycles. The van der Waals surface area contributed by atoms with E-state index in [1.807, 2.05) is 0 Å². The van der Waals surface area contributed by atoms with Gasteiger partial charge in [-0.15, -0.1) is 5.06 Å². The Morgan fingerprint density at radius 2 is 2.00 bits per heavy atom. The minimum absolute atomic E-state index is 0.209. The van der Waals surface area contributed by atoms with Crippen LogP contribution in [-0.4, -0.2) is 41.0 Å². The van der Waals surface area contributed by atoms with Crippen LogP contribution in [0.1, 0.15) is 20.3 Å². The molecule has 1 fully saturated rings. The highest BCUT2D eigenvalue weighted by Crippen LogP contribution is 2.18. The summed E-state index contributed by atoms with van der Waals surface area (Å²) < 4.78 is 4.86. The average Bonchev–Trinajstić information content (AvgIpc) is 2.28. The third-order valence-corrected chi connectivity index (χ3v) is 1.77. The third kappa shape index (κ3) is 2.97. The Balaban J connectivity index is 2.42. The van der Waals surface area contributed by atoms with Crippen molar-refractivity contribution in [3.8, 4) is 0 Å². The zero-order valence-corrected chi connectivity index (χ0v) is 8.10. The molecule has 0 aromatic carbocycles. The first-order valence-corrected chi connectivity index (χ1v) is 4.29. The number of aliphatic hydroxyl groups is 1. The number of carbonyl (C=O) groups excluding carboxylic acids is 2. The molecule has 1 aliphatic heterocycles. The van der Waals surface area contributed by atoms with Crippen LogP contribution in [0.5, 0.6) is 0 Å². The van der Waals surface area contributed by atoms with Crippen LogP contribution in [0.2, 0.25) is 0 Å². The maximum Gasteiger partial charge on any atom is 0.322 e. The monoisotopic (exact) mass is 203 g/mol. The standard InChI is InChI=1S/C8H13NO5/c1-5(10)13-7-3-8(12)9(4-7)14-6(2)11/h7-8,12H,3-4H2,1-2H3/t7-,8+/m1/s1. The summed E-state index contributed by atoms with van der Waals surface area (Å²) in [5.74, 6) is -0.917. The van der Waals surface area contributed by atoms with Gasteiger partial charge in [0.2, 0.25) is 0 Å². The van der Waals surface area contributed by atoms with Crippen LogP contribution >= 0.6 is 0 Å². The van der Waals surface area contributed by atoms with E-state index >= 15 is 0 Å². The number of hydroxylamine groups is 2. The van der Waals surface area contributed by atoms with E-state index < -0.39 is 24.3 Å². The summed E-state index contributed by atoms with van der Waals surface area (Å²) in [6.07, 6.45) is -1.06. The Morgan fingerprint density at radius 1 is 1.36 bits per heavy atom. The Labute approximate surface area is 81.3 Å². The van der Waals surface area contributed by atoms with Gasteiger partial charge in [0, 0.05) is 20.3 Å². The highest BCUT2D eigenvalue weighted by Gasteiger charge is 2.34. The van der Waals surface area contributed by atoms with Crippen LogP contribution in [0.15, 0.2) is 0 Å². The van der Waals surface area contributed by atoms with E-state index in [4.69, 9.17) is 4.74 Å². The first-order chi connectivity index (χ1) is 6.49. The molecule has 14 heavy (non-hydrogen) atoms. The molecule has 6 heteroatoms. The second-order valence-electron chi connectivity index (χ2n) is 3.13. The van der Waals surface area contributed by atoms with Crippen LogP contribution in [0.3, 0.4) is 0 Å². The lowest BCUT2D eigenvalue weighted by Crippen LogP contribution is -2.31. The predicted molar refractivity (Wildman–Crippen MR) is 44.6 cm³/mol. The smallest absolute Gasteiger partial charge is 0.322 e. The fourth-order valence-electron chi connectivity index (χ4n) is 1.33. The average molecular weight is 203 g/mol. The van der Waals surface area contributed by atoms with Crippen molar-refractivity contribution < 1.29 is 24.3 Å². The van der Waals surface area contributed by atoms with Gasteiger partial charge in [-0.3, -0.25) is 9.59 Å². The van der Waals surface area contributed by atoms with Crippen LogP contribution in [-0.2, 0) is 19.2 Å². The molecule has 0 amide bonds. The molecule has 0 bridgehead atoms. The van der Waals surface area contributed by atoms with Crippen molar-refractivity contribution >= 4 is 11.9 Å². The SMILES string of the molecule is CC(=O)O[C@@H]1C[C@H](O)N(OC(C)=O)C1. The molecule has 0 radical (unpaired) electrons. The van der Waals surface area contributed by atoms with Gasteiger partial charge in [0.25, 0.3) is 0 Å². The molecule has 0 unspecified atom stereocenters. The molecule has 0 spiro atoms. The molecule has 0 aliphatic carbocycles. The Kier molecular flexibility index (Phi) is 3.43. The summed E-state index contributed by atoms with van der Waals surface area (Å²) >= 11 is 0. The second kappa shape index (κ2) is 4.39. The molecule has 0 saturated carbocycles. The highest BCUT2D eigenvalue weighted by molar-refractivity contribution is 5.66. The first-order valence-electron chi connectivity index (χ1n) is 4.29. The summed E-state index contributed by atoms with van der Waals surface area (Å²) in [6.45, 7) is 2.74. The quantitative estimate of drug-likeness (QED) is 0.605. The largest absolute Gasteiger partial charge is 0.461 e. The minimum atomic E-state index is -0.900. The molecule has 1 heterocycles. The number of aliphatic hydroxyl groups excluding tert-OH is 1. The molecule has 1 N–H and O–H groups in total. The van der Waals surface area contributed by atoms with Crippen LogP contribution in [0.4, 0.5) is 0 Å². The molecular weight excluding hydrogens is 190 g/mol. The molecule has 0 aromatic rings. The lowest BCUT2D eigenvalue weighted by molar-refractivity contribution is -0.218. The molecule has 0 aromatic heterocycles. The number of rotatable bonds is 2. The predicted octanol–water partition coefficient (Wildman–Crippen LogP) is -0.580. The molecule has 6 nitrogen and oxygen atoms in total. The van der Waals surface area contributed by atoms with Crippen molar-refractivity contribution in [2.24, 2.45) is 0 Å². The van der Waals surface area contributed by atoms with Gasteiger partial charge < -0.3 is 14.7 Å². The normalized spacial score (nSPS) is 27.4. The number of carbonyl (C=O) groups is 2. The van der Waals surface area contributed by atoms with E-state index in [-0.39, 0.29) is 13.0 Å². The maximum absolute atomic E-state index is 10.6. The third-order valence-electron chi connectivity index (χ3n) is 1.77. The molecular formula is C8H13NO5. The summed E-state index contributed by atoms with van der Waals surface area (Å²) in [7, 11) is 0. The van der Waals surface area contributed by atoms with E-state index in [9.17, 15) is 14.7 Å². The zero-order chi connectivity index (χ0) is 10.7. The zero-order valence-electron chi connectivity index (χ0n) is 8.10. The van der Waals surface area contributed by atoms with E-state index in [1.54, 1.807) is 0 Å². The Bertz CT molecular complexity index is 242. The number of hydrogen-bond donors (Lipinski definition) is 1. The topological polar surface area (TPSA) is 76.1 Å². The summed E-state index contributed by atoms with van der Waals surface area (Å²) in [5.41, 5.74) is 0. The van der Waals surface area contributed by atoms with Gasteiger partial charge in [-0.25, -0.2) is 0 Å². The maximum atomic E-state index is 10.6. The number of hydrogen-bond acceptors (Lipinski definition) is 6. The lowest BCUT2D eigenvalue weighted by atomic mass is 10.3. The molecule has 80 valence electrons. The number of nitrogens with zero attached hydrogens (tertiary/aromatic N) is 1. The summed E-state index contributed by atoms with van der Waals surface area (Å²) in [5, 5.41) is 10.5.